The van der Waals surface area contributed by atoms with Crippen LogP contribution >= 0.6 is 0 Å². The highest BCUT2D eigenvalue weighted by Crippen LogP contribution is 2.48. The molecule has 0 aromatic heterocycles. The summed E-state index contributed by atoms with van der Waals surface area (Å²) in [5.41, 5.74) is 1.38. The summed E-state index contributed by atoms with van der Waals surface area (Å²) in [4.78, 5) is 44.6. The summed E-state index contributed by atoms with van der Waals surface area (Å²) in [6.07, 6.45) is -1.06. The molecular formula is C24H19N3O6. The lowest BCUT2D eigenvalue weighted by Gasteiger charge is -2.28. The molecule has 0 N–H and O–H groups in total. The number of rotatable bonds is 5. The Kier molecular flexibility index (Phi) is 5.02. The number of amides is 2. The molecule has 9 heteroatoms. The molecule has 3 atom stereocenters. The molecule has 0 saturated carbocycles. The van der Waals surface area contributed by atoms with Crippen LogP contribution in [0.5, 0.6) is 5.75 Å². The van der Waals surface area contributed by atoms with Crippen LogP contribution in [0.1, 0.15) is 11.6 Å². The summed E-state index contributed by atoms with van der Waals surface area (Å²) in [7, 11) is 1.55. The highest BCUT2D eigenvalue weighted by atomic mass is 16.7. The van der Waals surface area contributed by atoms with Gasteiger partial charge in [0.2, 0.25) is 5.91 Å². The van der Waals surface area contributed by atoms with Crippen LogP contribution in [0.4, 0.5) is 17.1 Å². The lowest BCUT2D eigenvalue weighted by Crippen LogP contribution is -2.37. The molecule has 2 aliphatic rings. The zero-order valence-corrected chi connectivity index (χ0v) is 17.5. The molecule has 0 bridgehead atoms. The van der Waals surface area contributed by atoms with Crippen LogP contribution in [0.25, 0.3) is 0 Å². The Labute approximate surface area is 188 Å². The van der Waals surface area contributed by atoms with E-state index >= 15 is 0 Å². The largest absolute Gasteiger partial charge is 0.497 e. The Morgan fingerprint density at radius 2 is 1.64 bits per heavy atom. The lowest BCUT2D eigenvalue weighted by atomic mass is 9.90. The van der Waals surface area contributed by atoms with Crippen LogP contribution in [-0.4, -0.2) is 30.0 Å². The first-order chi connectivity index (χ1) is 16.0. The van der Waals surface area contributed by atoms with Gasteiger partial charge in [-0.15, -0.1) is 0 Å². The van der Waals surface area contributed by atoms with Crippen molar-refractivity contribution in [3.63, 3.8) is 0 Å². The molecule has 2 heterocycles. The van der Waals surface area contributed by atoms with Gasteiger partial charge in [-0.2, -0.15) is 0 Å². The number of anilines is 2. The molecule has 2 fully saturated rings. The SMILES string of the molecule is COc1cccc([C@@H]2[C@@H]3C(=O)N(c4cccc([N+](=O)[O-])c4)C(=O)[C@H]3ON2c2ccccc2)c1. The number of hydrogen-bond acceptors (Lipinski definition) is 7. The normalized spacial score (nSPS) is 21.9. The van der Waals surface area contributed by atoms with Crippen LogP contribution in [-0.2, 0) is 14.4 Å². The minimum absolute atomic E-state index is 0.146. The van der Waals surface area contributed by atoms with Crippen molar-refractivity contribution in [2.24, 2.45) is 5.92 Å². The fourth-order valence-electron chi connectivity index (χ4n) is 4.38. The Morgan fingerprint density at radius 1 is 0.909 bits per heavy atom. The number of nitro groups is 1. The van der Waals surface area contributed by atoms with E-state index in [1.165, 1.54) is 24.3 Å². The maximum Gasteiger partial charge on any atom is 0.271 e. The average molecular weight is 445 g/mol. The Bertz CT molecular complexity index is 1250. The molecule has 2 amide bonds. The van der Waals surface area contributed by atoms with E-state index in [1.807, 2.05) is 42.5 Å². The number of methoxy groups -OCH3 is 1. The quantitative estimate of drug-likeness (QED) is 0.336. The highest BCUT2D eigenvalue weighted by molar-refractivity contribution is 6.24. The molecule has 0 aliphatic carbocycles. The number of imide groups is 1. The summed E-state index contributed by atoms with van der Waals surface area (Å²) >= 11 is 0. The van der Waals surface area contributed by atoms with E-state index in [4.69, 9.17) is 9.57 Å². The van der Waals surface area contributed by atoms with Gasteiger partial charge in [0.15, 0.2) is 6.10 Å². The number of para-hydroxylation sites is 1. The van der Waals surface area contributed by atoms with E-state index < -0.39 is 34.8 Å². The molecule has 2 saturated heterocycles. The first-order valence-corrected chi connectivity index (χ1v) is 10.3. The van der Waals surface area contributed by atoms with E-state index in [9.17, 15) is 19.7 Å². The second-order valence-corrected chi connectivity index (χ2v) is 7.72. The highest BCUT2D eigenvalue weighted by Gasteiger charge is 2.60. The number of ether oxygens (including phenoxy) is 1. The van der Waals surface area contributed by atoms with Crippen molar-refractivity contribution in [2.75, 3.05) is 17.1 Å². The smallest absolute Gasteiger partial charge is 0.271 e. The fourth-order valence-corrected chi connectivity index (χ4v) is 4.38. The number of fused-ring (bicyclic) bond motifs is 1. The number of nitro benzene ring substituents is 1. The van der Waals surface area contributed by atoms with Crippen molar-refractivity contribution in [2.45, 2.75) is 12.1 Å². The zero-order valence-electron chi connectivity index (χ0n) is 17.5. The van der Waals surface area contributed by atoms with Crippen LogP contribution < -0.4 is 14.7 Å². The van der Waals surface area contributed by atoms with Gasteiger partial charge in [-0.3, -0.25) is 24.5 Å². The molecule has 166 valence electrons. The van der Waals surface area contributed by atoms with E-state index in [0.717, 1.165) is 10.5 Å². The number of carbonyl (C=O) groups is 2. The van der Waals surface area contributed by atoms with Gasteiger partial charge in [0.1, 0.15) is 11.7 Å². The zero-order chi connectivity index (χ0) is 23.1. The molecule has 5 rings (SSSR count). The van der Waals surface area contributed by atoms with Gasteiger partial charge in [-0.05, 0) is 35.9 Å². The van der Waals surface area contributed by atoms with Gasteiger partial charge in [0.05, 0.1) is 29.4 Å². The van der Waals surface area contributed by atoms with Crippen molar-refractivity contribution < 1.29 is 24.1 Å². The molecule has 0 unspecified atom stereocenters. The van der Waals surface area contributed by atoms with Crippen molar-refractivity contribution in [3.05, 3.63) is 94.5 Å². The van der Waals surface area contributed by atoms with Crippen molar-refractivity contribution >= 4 is 28.9 Å². The van der Waals surface area contributed by atoms with E-state index in [0.29, 0.717) is 11.4 Å². The predicted molar refractivity (Wildman–Crippen MR) is 119 cm³/mol. The number of carbonyl (C=O) groups excluding carboxylic acids is 2. The van der Waals surface area contributed by atoms with Gasteiger partial charge in [-0.1, -0.05) is 36.4 Å². The molecule has 2 aliphatic heterocycles. The minimum Gasteiger partial charge on any atom is -0.497 e. The van der Waals surface area contributed by atoms with Crippen molar-refractivity contribution in [1.29, 1.82) is 0 Å². The Morgan fingerprint density at radius 3 is 2.36 bits per heavy atom. The molecular weight excluding hydrogens is 426 g/mol. The van der Waals surface area contributed by atoms with E-state index in [1.54, 1.807) is 24.3 Å². The summed E-state index contributed by atoms with van der Waals surface area (Å²) in [5, 5.41) is 12.8. The maximum absolute atomic E-state index is 13.6. The minimum atomic E-state index is -1.06. The van der Waals surface area contributed by atoms with E-state index in [-0.39, 0.29) is 11.4 Å². The van der Waals surface area contributed by atoms with Gasteiger partial charge >= 0.3 is 0 Å². The number of hydroxylamine groups is 1. The fraction of sp³-hybridized carbons (Fsp3) is 0.167. The Hall–Kier alpha value is -4.24. The van der Waals surface area contributed by atoms with Crippen LogP contribution in [0.3, 0.4) is 0 Å². The first-order valence-electron chi connectivity index (χ1n) is 10.3. The number of nitrogens with zero attached hydrogens (tertiary/aromatic N) is 3. The summed E-state index contributed by atoms with van der Waals surface area (Å²) < 4.78 is 5.36. The summed E-state index contributed by atoms with van der Waals surface area (Å²) in [6.45, 7) is 0. The standard InChI is InChI=1S/C24H19N3O6/c1-32-19-12-5-7-15(13-19)21-20-22(33-26(21)16-8-3-2-4-9-16)24(29)25(23(20)28)17-10-6-11-18(14-17)27(30)31/h2-14,20-22H,1H3/t20-,21+,22-/m0/s1. The molecule has 0 radical (unpaired) electrons. The number of hydrogen-bond donors (Lipinski definition) is 0. The summed E-state index contributed by atoms with van der Waals surface area (Å²) in [5.74, 6) is -1.27. The third-order valence-corrected chi connectivity index (χ3v) is 5.86. The average Bonchev–Trinajstić information content (AvgIpc) is 3.35. The van der Waals surface area contributed by atoms with E-state index in [2.05, 4.69) is 0 Å². The van der Waals surface area contributed by atoms with Crippen molar-refractivity contribution in [1.82, 2.24) is 0 Å². The first kappa shape index (κ1) is 20.7. The van der Waals surface area contributed by atoms with Crippen LogP contribution in [0.15, 0.2) is 78.9 Å². The second-order valence-electron chi connectivity index (χ2n) is 7.72. The van der Waals surface area contributed by atoms with Crippen LogP contribution in [0.2, 0.25) is 0 Å². The second kappa shape index (κ2) is 8.03. The molecule has 0 spiro atoms. The maximum atomic E-state index is 13.6. The molecule has 33 heavy (non-hydrogen) atoms. The topological polar surface area (TPSA) is 102 Å². The predicted octanol–water partition coefficient (Wildman–Crippen LogP) is 3.65. The lowest BCUT2D eigenvalue weighted by molar-refractivity contribution is -0.384. The molecule has 9 nitrogen and oxygen atoms in total. The Balaban J connectivity index is 1.59. The summed E-state index contributed by atoms with van der Waals surface area (Å²) in [6, 6.07) is 21.3. The van der Waals surface area contributed by atoms with Gasteiger partial charge < -0.3 is 4.74 Å². The van der Waals surface area contributed by atoms with Gasteiger partial charge in [0.25, 0.3) is 11.6 Å². The molecule has 3 aromatic carbocycles. The third-order valence-electron chi connectivity index (χ3n) is 5.86. The number of non-ortho nitro benzene ring substituents is 1. The van der Waals surface area contributed by atoms with Crippen LogP contribution in [0, 0.1) is 16.0 Å². The van der Waals surface area contributed by atoms with Gasteiger partial charge in [0, 0.05) is 12.1 Å². The third kappa shape index (κ3) is 3.39. The number of benzene rings is 3. The van der Waals surface area contributed by atoms with Gasteiger partial charge in [-0.25, -0.2) is 9.96 Å². The molecule has 3 aromatic rings. The van der Waals surface area contributed by atoms with Crippen molar-refractivity contribution in [3.8, 4) is 5.75 Å². The monoisotopic (exact) mass is 445 g/mol.